The average Bonchev–Trinajstić information content (AvgIpc) is 2.77. The largest absolute Gasteiger partial charge is 0.481 e. The SMILES string of the molecule is O=C(O)[C@H]1CNC[C@@H]1c1ccc(C(F)(F)F)cc1. The van der Waals surface area contributed by atoms with E-state index in [9.17, 15) is 18.0 Å². The number of carboxylic acid groups (broad SMARTS) is 1. The lowest BCUT2D eigenvalue weighted by molar-refractivity contribution is -0.141. The van der Waals surface area contributed by atoms with Crippen LogP contribution in [0.4, 0.5) is 13.2 Å². The van der Waals surface area contributed by atoms with E-state index in [1.807, 2.05) is 0 Å². The maximum absolute atomic E-state index is 12.4. The molecular formula is C12H12F3NO2. The van der Waals surface area contributed by atoms with Crippen molar-refractivity contribution in [2.24, 2.45) is 5.92 Å². The highest BCUT2D eigenvalue weighted by molar-refractivity contribution is 5.72. The van der Waals surface area contributed by atoms with E-state index in [0.717, 1.165) is 12.1 Å². The predicted octanol–water partition coefficient (Wildman–Crippen LogP) is 2.09. The number of halogens is 3. The monoisotopic (exact) mass is 259 g/mol. The van der Waals surface area contributed by atoms with Crippen molar-refractivity contribution >= 4 is 5.97 Å². The third-order valence-corrected chi connectivity index (χ3v) is 3.20. The molecule has 1 aromatic rings. The lowest BCUT2D eigenvalue weighted by atomic mass is 9.88. The van der Waals surface area contributed by atoms with Crippen LogP contribution in [0.5, 0.6) is 0 Å². The fourth-order valence-corrected chi connectivity index (χ4v) is 2.21. The van der Waals surface area contributed by atoms with Gasteiger partial charge in [0.1, 0.15) is 0 Å². The van der Waals surface area contributed by atoms with E-state index in [4.69, 9.17) is 5.11 Å². The summed E-state index contributed by atoms with van der Waals surface area (Å²) in [6.45, 7) is 0.823. The maximum Gasteiger partial charge on any atom is 0.416 e. The Morgan fingerprint density at radius 2 is 1.83 bits per heavy atom. The van der Waals surface area contributed by atoms with Gasteiger partial charge >= 0.3 is 12.1 Å². The smallest absolute Gasteiger partial charge is 0.416 e. The Labute approximate surface area is 102 Å². The third kappa shape index (κ3) is 2.48. The summed E-state index contributed by atoms with van der Waals surface area (Å²) in [4.78, 5) is 11.0. The molecule has 0 radical (unpaired) electrons. The molecule has 2 rings (SSSR count). The summed E-state index contributed by atoms with van der Waals surface area (Å²) >= 11 is 0. The highest BCUT2D eigenvalue weighted by Gasteiger charge is 2.35. The lowest BCUT2D eigenvalue weighted by Gasteiger charge is -2.16. The zero-order chi connectivity index (χ0) is 13.3. The van der Waals surface area contributed by atoms with E-state index >= 15 is 0 Å². The number of hydrogen-bond acceptors (Lipinski definition) is 2. The van der Waals surface area contributed by atoms with Gasteiger partial charge in [0, 0.05) is 19.0 Å². The number of carboxylic acids is 1. The summed E-state index contributed by atoms with van der Waals surface area (Å²) < 4.78 is 37.2. The van der Waals surface area contributed by atoms with Crippen LogP contribution in [0.15, 0.2) is 24.3 Å². The summed E-state index contributed by atoms with van der Waals surface area (Å²) in [7, 11) is 0. The molecule has 0 bridgehead atoms. The van der Waals surface area contributed by atoms with Crippen LogP contribution in [0, 0.1) is 5.92 Å². The molecule has 2 atom stereocenters. The molecule has 0 aromatic heterocycles. The summed E-state index contributed by atoms with van der Waals surface area (Å²) in [6.07, 6.45) is -4.36. The lowest BCUT2D eigenvalue weighted by Crippen LogP contribution is -2.21. The molecular weight excluding hydrogens is 247 g/mol. The molecule has 1 saturated heterocycles. The van der Waals surface area contributed by atoms with Gasteiger partial charge in [0.05, 0.1) is 11.5 Å². The van der Waals surface area contributed by atoms with Crippen molar-refractivity contribution in [3.8, 4) is 0 Å². The Balaban J connectivity index is 2.22. The molecule has 1 aliphatic rings. The molecule has 0 unspecified atom stereocenters. The van der Waals surface area contributed by atoms with E-state index < -0.39 is 23.6 Å². The number of rotatable bonds is 2. The Morgan fingerprint density at radius 1 is 1.22 bits per heavy atom. The molecule has 18 heavy (non-hydrogen) atoms. The van der Waals surface area contributed by atoms with Crippen molar-refractivity contribution in [2.45, 2.75) is 12.1 Å². The minimum absolute atomic E-state index is 0.273. The topological polar surface area (TPSA) is 49.3 Å². The molecule has 1 fully saturated rings. The minimum atomic E-state index is -4.36. The van der Waals surface area contributed by atoms with Gasteiger partial charge in [-0.3, -0.25) is 4.79 Å². The number of nitrogens with one attached hydrogen (secondary N) is 1. The van der Waals surface area contributed by atoms with Crippen molar-refractivity contribution in [1.82, 2.24) is 5.32 Å². The van der Waals surface area contributed by atoms with Gasteiger partial charge in [0.15, 0.2) is 0 Å². The zero-order valence-electron chi connectivity index (χ0n) is 9.37. The molecule has 0 spiro atoms. The van der Waals surface area contributed by atoms with E-state index in [1.54, 1.807) is 0 Å². The van der Waals surface area contributed by atoms with Gasteiger partial charge in [-0.2, -0.15) is 13.2 Å². The standard InChI is InChI=1S/C12H12F3NO2/c13-12(14,15)8-3-1-7(2-4-8)9-5-16-6-10(9)11(17)18/h1-4,9-10,16H,5-6H2,(H,17,18)/t9-,10+/m1/s1. The number of hydrogen-bond donors (Lipinski definition) is 2. The van der Waals surface area contributed by atoms with Crippen LogP contribution in [0.2, 0.25) is 0 Å². The van der Waals surface area contributed by atoms with Gasteiger partial charge < -0.3 is 10.4 Å². The van der Waals surface area contributed by atoms with Crippen LogP contribution in [0.25, 0.3) is 0 Å². The van der Waals surface area contributed by atoms with Gasteiger partial charge in [-0.15, -0.1) is 0 Å². The average molecular weight is 259 g/mol. The van der Waals surface area contributed by atoms with Crippen molar-refractivity contribution in [3.63, 3.8) is 0 Å². The van der Waals surface area contributed by atoms with Gasteiger partial charge in [0.25, 0.3) is 0 Å². The molecule has 0 amide bonds. The molecule has 1 heterocycles. The number of benzene rings is 1. The first-order valence-corrected chi connectivity index (χ1v) is 5.50. The van der Waals surface area contributed by atoms with Crippen LogP contribution < -0.4 is 5.32 Å². The van der Waals surface area contributed by atoms with Crippen molar-refractivity contribution < 1.29 is 23.1 Å². The van der Waals surface area contributed by atoms with Crippen LogP contribution in [0.3, 0.4) is 0 Å². The van der Waals surface area contributed by atoms with Crippen LogP contribution in [-0.4, -0.2) is 24.2 Å². The summed E-state index contributed by atoms with van der Waals surface area (Å²) in [6, 6.07) is 4.70. The molecule has 2 N–H and O–H groups in total. The predicted molar refractivity (Wildman–Crippen MR) is 58.2 cm³/mol. The first-order valence-electron chi connectivity index (χ1n) is 5.50. The second kappa shape index (κ2) is 4.61. The maximum atomic E-state index is 12.4. The van der Waals surface area contributed by atoms with Crippen LogP contribution >= 0.6 is 0 Å². The number of alkyl halides is 3. The Morgan fingerprint density at radius 3 is 2.33 bits per heavy atom. The molecule has 1 aliphatic heterocycles. The van der Waals surface area contributed by atoms with E-state index in [1.165, 1.54) is 12.1 Å². The van der Waals surface area contributed by atoms with E-state index in [0.29, 0.717) is 18.7 Å². The molecule has 98 valence electrons. The first kappa shape index (κ1) is 12.9. The Kier molecular flexibility index (Phi) is 3.30. The molecule has 1 aromatic carbocycles. The van der Waals surface area contributed by atoms with Crippen LogP contribution in [0.1, 0.15) is 17.0 Å². The quantitative estimate of drug-likeness (QED) is 0.855. The summed E-state index contributed by atoms with van der Waals surface area (Å²) in [5, 5.41) is 12.0. The minimum Gasteiger partial charge on any atom is -0.481 e. The van der Waals surface area contributed by atoms with Crippen molar-refractivity contribution in [2.75, 3.05) is 13.1 Å². The van der Waals surface area contributed by atoms with Gasteiger partial charge in [-0.25, -0.2) is 0 Å². The molecule has 6 heteroatoms. The Hall–Kier alpha value is -1.56. The fraction of sp³-hybridized carbons (Fsp3) is 0.417. The number of carbonyl (C=O) groups is 1. The highest BCUT2D eigenvalue weighted by Crippen LogP contribution is 2.32. The zero-order valence-corrected chi connectivity index (χ0v) is 9.37. The van der Waals surface area contributed by atoms with Gasteiger partial charge in [0.2, 0.25) is 0 Å². The van der Waals surface area contributed by atoms with E-state index in [-0.39, 0.29) is 5.92 Å². The second-order valence-electron chi connectivity index (χ2n) is 4.33. The van der Waals surface area contributed by atoms with Crippen LogP contribution in [-0.2, 0) is 11.0 Å². The highest BCUT2D eigenvalue weighted by atomic mass is 19.4. The first-order chi connectivity index (χ1) is 8.39. The number of aliphatic carboxylic acids is 1. The summed E-state index contributed by atoms with van der Waals surface area (Å²) in [5.74, 6) is -1.78. The molecule has 3 nitrogen and oxygen atoms in total. The second-order valence-corrected chi connectivity index (χ2v) is 4.33. The Bertz CT molecular complexity index is 442. The normalized spacial score (nSPS) is 24.2. The van der Waals surface area contributed by atoms with Gasteiger partial charge in [-0.05, 0) is 17.7 Å². The fourth-order valence-electron chi connectivity index (χ4n) is 2.21. The third-order valence-electron chi connectivity index (χ3n) is 3.20. The summed E-state index contributed by atoms with van der Waals surface area (Å²) in [5.41, 5.74) is -0.0931. The van der Waals surface area contributed by atoms with Gasteiger partial charge in [-0.1, -0.05) is 12.1 Å². The van der Waals surface area contributed by atoms with E-state index in [2.05, 4.69) is 5.32 Å². The van der Waals surface area contributed by atoms with Crippen molar-refractivity contribution in [1.29, 1.82) is 0 Å². The molecule has 0 saturated carbocycles. The molecule has 0 aliphatic carbocycles. The van der Waals surface area contributed by atoms with Crippen molar-refractivity contribution in [3.05, 3.63) is 35.4 Å².